The molecule has 0 bridgehead atoms. The monoisotopic (exact) mass is 299 g/mol. The predicted octanol–water partition coefficient (Wildman–Crippen LogP) is 3.40. The summed E-state index contributed by atoms with van der Waals surface area (Å²) in [4.78, 5) is 14.2. The molecule has 2 aromatic rings. The van der Waals surface area contributed by atoms with Crippen LogP contribution in [0.25, 0.3) is 0 Å². The number of amides is 1. The minimum atomic E-state index is -0.263. The van der Waals surface area contributed by atoms with Gasteiger partial charge in [-0.2, -0.15) is 0 Å². The predicted molar refractivity (Wildman–Crippen MR) is 81.9 cm³/mol. The molecule has 1 aliphatic rings. The van der Waals surface area contributed by atoms with E-state index in [-0.39, 0.29) is 24.4 Å². The molecule has 0 radical (unpaired) electrons. The van der Waals surface area contributed by atoms with E-state index in [0.29, 0.717) is 12.3 Å². The summed E-state index contributed by atoms with van der Waals surface area (Å²) < 4.78 is 18.5. The van der Waals surface area contributed by atoms with Crippen LogP contribution in [0.3, 0.4) is 0 Å². The van der Waals surface area contributed by atoms with Crippen molar-refractivity contribution in [2.75, 3.05) is 6.61 Å². The first-order valence-corrected chi connectivity index (χ1v) is 7.44. The molecule has 0 heterocycles. The summed E-state index contributed by atoms with van der Waals surface area (Å²) in [6.45, 7) is 0.531. The van der Waals surface area contributed by atoms with Gasteiger partial charge < -0.3 is 9.64 Å². The smallest absolute Gasteiger partial charge is 0.261 e. The highest BCUT2D eigenvalue weighted by Gasteiger charge is 2.32. The largest absolute Gasteiger partial charge is 0.484 e. The zero-order chi connectivity index (χ0) is 15.4. The number of hydrogen-bond donors (Lipinski definition) is 0. The molecule has 3 nitrogen and oxygen atoms in total. The quantitative estimate of drug-likeness (QED) is 0.818. The van der Waals surface area contributed by atoms with Gasteiger partial charge in [-0.3, -0.25) is 4.79 Å². The maximum Gasteiger partial charge on any atom is 0.261 e. The van der Waals surface area contributed by atoms with Crippen molar-refractivity contribution in [3.05, 3.63) is 66.0 Å². The highest BCUT2D eigenvalue weighted by atomic mass is 19.1. The first kappa shape index (κ1) is 14.6. The Bertz CT molecular complexity index is 623. The number of carbonyl (C=O) groups excluding carboxylic acids is 1. The summed E-state index contributed by atoms with van der Waals surface area (Å²) in [5, 5.41) is 0. The molecule has 0 atom stereocenters. The highest BCUT2D eigenvalue weighted by Crippen LogP contribution is 2.28. The molecule has 1 saturated carbocycles. The topological polar surface area (TPSA) is 29.5 Å². The van der Waals surface area contributed by atoms with E-state index < -0.39 is 0 Å². The van der Waals surface area contributed by atoms with Gasteiger partial charge in [0.2, 0.25) is 0 Å². The van der Waals surface area contributed by atoms with Gasteiger partial charge in [0.15, 0.2) is 6.61 Å². The van der Waals surface area contributed by atoms with Crippen LogP contribution in [-0.2, 0) is 11.3 Å². The second-order valence-electron chi connectivity index (χ2n) is 5.48. The molecule has 22 heavy (non-hydrogen) atoms. The normalized spacial score (nSPS) is 13.7. The summed E-state index contributed by atoms with van der Waals surface area (Å²) in [5.41, 5.74) is 0.932. The van der Waals surface area contributed by atoms with E-state index in [1.165, 1.54) is 12.1 Å². The third-order valence-corrected chi connectivity index (χ3v) is 3.68. The summed E-state index contributed by atoms with van der Waals surface area (Å²) in [5.74, 6) is 0.393. The molecule has 114 valence electrons. The lowest BCUT2D eigenvalue weighted by Gasteiger charge is -2.22. The van der Waals surface area contributed by atoms with E-state index in [1.807, 2.05) is 35.2 Å². The van der Waals surface area contributed by atoms with Gasteiger partial charge in [-0.05, 0) is 42.7 Å². The lowest BCUT2D eigenvalue weighted by Crippen LogP contribution is -2.36. The van der Waals surface area contributed by atoms with Crippen molar-refractivity contribution in [3.8, 4) is 5.75 Å². The van der Waals surface area contributed by atoms with Crippen molar-refractivity contribution in [3.63, 3.8) is 0 Å². The Morgan fingerprint density at radius 3 is 2.41 bits per heavy atom. The molecule has 0 aromatic heterocycles. The number of nitrogens with zero attached hydrogens (tertiary/aromatic N) is 1. The third-order valence-electron chi connectivity index (χ3n) is 3.68. The van der Waals surface area contributed by atoms with Gasteiger partial charge in [0, 0.05) is 12.6 Å². The van der Waals surface area contributed by atoms with Gasteiger partial charge in [-0.25, -0.2) is 4.39 Å². The van der Waals surface area contributed by atoms with Gasteiger partial charge >= 0.3 is 0 Å². The van der Waals surface area contributed by atoms with Crippen molar-refractivity contribution < 1.29 is 13.9 Å². The molecule has 0 saturated heterocycles. The van der Waals surface area contributed by atoms with Crippen molar-refractivity contribution in [2.45, 2.75) is 25.4 Å². The fourth-order valence-corrected chi connectivity index (χ4v) is 2.34. The van der Waals surface area contributed by atoms with Crippen LogP contribution in [-0.4, -0.2) is 23.5 Å². The summed E-state index contributed by atoms with van der Waals surface area (Å²) in [6.07, 6.45) is 2.05. The van der Waals surface area contributed by atoms with Crippen molar-refractivity contribution in [2.24, 2.45) is 0 Å². The van der Waals surface area contributed by atoms with Gasteiger partial charge in [-0.15, -0.1) is 0 Å². The van der Waals surface area contributed by atoms with Gasteiger partial charge in [-0.1, -0.05) is 30.3 Å². The molecule has 0 aliphatic heterocycles. The fourth-order valence-electron chi connectivity index (χ4n) is 2.34. The Kier molecular flexibility index (Phi) is 4.37. The number of para-hydroxylation sites is 1. The first-order chi connectivity index (χ1) is 10.7. The number of benzene rings is 2. The molecule has 1 fully saturated rings. The molecular weight excluding hydrogens is 281 g/mol. The second-order valence-corrected chi connectivity index (χ2v) is 5.48. The minimum Gasteiger partial charge on any atom is -0.484 e. The Labute approximate surface area is 129 Å². The van der Waals surface area contributed by atoms with Gasteiger partial charge in [0.25, 0.3) is 5.91 Å². The fraction of sp³-hybridized carbons (Fsp3) is 0.278. The maximum atomic E-state index is 13.0. The first-order valence-electron chi connectivity index (χ1n) is 7.44. The van der Waals surface area contributed by atoms with Crippen LogP contribution in [0.4, 0.5) is 4.39 Å². The molecule has 0 unspecified atom stereocenters. The average molecular weight is 299 g/mol. The molecule has 0 spiro atoms. The summed E-state index contributed by atoms with van der Waals surface area (Å²) in [7, 11) is 0. The van der Waals surface area contributed by atoms with E-state index in [1.54, 1.807) is 12.1 Å². The molecule has 4 heteroatoms. The molecule has 1 aliphatic carbocycles. The van der Waals surface area contributed by atoms with Crippen LogP contribution < -0.4 is 4.74 Å². The van der Waals surface area contributed by atoms with E-state index in [9.17, 15) is 9.18 Å². The third kappa shape index (κ3) is 3.85. The Morgan fingerprint density at radius 2 is 1.77 bits per heavy atom. The Morgan fingerprint density at radius 1 is 1.09 bits per heavy atom. The van der Waals surface area contributed by atoms with Crippen molar-refractivity contribution in [1.82, 2.24) is 4.90 Å². The summed E-state index contributed by atoms with van der Waals surface area (Å²) >= 11 is 0. The van der Waals surface area contributed by atoms with E-state index in [2.05, 4.69) is 0 Å². The Hall–Kier alpha value is -2.36. The number of halogens is 1. The SMILES string of the molecule is O=C(COc1ccccc1)N(Cc1ccc(F)cc1)C1CC1. The van der Waals surface area contributed by atoms with Crippen LogP contribution >= 0.6 is 0 Å². The van der Waals surface area contributed by atoms with Crippen LogP contribution in [0.2, 0.25) is 0 Å². The second kappa shape index (κ2) is 6.60. The highest BCUT2D eigenvalue weighted by molar-refractivity contribution is 5.78. The van der Waals surface area contributed by atoms with E-state index >= 15 is 0 Å². The molecular formula is C18H18FNO2. The average Bonchev–Trinajstić information content (AvgIpc) is 3.38. The number of hydrogen-bond acceptors (Lipinski definition) is 2. The molecule has 0 N–H and O–H groups in total. The van der Waals surface area contributed by atoms with E-state index in [4.69, 9.17) is 4.74 Å². The molecule has 2 aromatic carbocycles. The zero-order valence-corrected chi connectivity index (χ0v) is 12.2. The molecule has 1 amide bonds. The van der Waals surface area contributed by atoms with Crippen LogP contribution in [0, 0.1) is 5.82 Å². The van der Waals surface area contributed by atoms with Crippen molar-refractivity contribution >= 4 is 5.91 Å². The van der Waals surface area contributed by atoms with E-state index in [0.717, 1.165) is 18.4 Å². The minimum absolute atomic E-state index is 0.0295. The number of carbonyl (C=O) groups is 1. The van der Waals surface area contributed by atoms with Crippen LogP contribution in [0.1, 0.15) is 18.4 Å². The molecule has 3 rings (SSSR count). The van der Waals surface area contributed by atoms with Gasteiger partial charge in [0.05, 0.1) is 0 Å². The summed E-state index contributed by atoms with van der Waals surface area (Å²) in [6, 6.07) is 15.9. The number of rotatable bonds is 6. The Balaban J connectivity index is 1.61. The standard InChI is InChI=1S/C18H18FNO2/c19-15-8-6-14(7-9-15)12-20(16-10-11-16)18(21)13-22-17-4-2-1-3-5-17/h1-9,16H,10-13H2. The van der Waals surface area contributed by atoms with Crippen LogP contribution in [0.15, 0.2) is 54.6 Å². The van der Waals surface area contributed by atoms with Crippen LogP contribution in [0.5, 0.6) is 5.75 Å². The maximum absolute atomic E-state index is 13.0. The van der Waals surface area contributed by atoms with Crippen molar-refractivity contribution in [1.29, 1.82) is 0 Å². The number of ether oxygens (including phenoxy) is 1. The lowest BCUT2D eigenvalue weighted by molar-refractivity contribution is -0.134. The van der Waals surface area contributed by atoms with Gasteiger partial charge in [0.1, 0.15) is 11.6 Å². The zero-order valence-electron chi connectivity index (χ0n) is 12.2. The lowest BCUT2D eigenvalue weighted by atomic mass is 10.2.